The van der Waals surface area contributed by atoms with E-state index in [2.05, 4.69) is 16.5 Å². The van der Waals surface area contributed by atoms with Gasteiger partial charge in [0.25, 0.3) is 0 Å². The van der Waals surface area contributed by atoms with E-state index in [4.69, 9.17) is 11.6 Å². The van der Waals surface area contributed by atoms with Gasteiger partial charge < -0.3 is 5.32 Å². The molecule has 0 fully saturated rings. The molecule has 0 aliphatic carbocycles. The Bertz CT molecular complexity index is 1040. The lowest BCUT2D eigenvalue weighted by atomic mass is 10.2. The van der Waals surface area contributed by atoms with Gasteiger partial charge in [-0.15, -0.1) is 11.8 Å². The number of amides is 1. The van der Waals surface area contributed by atoms with Crippen LogP contribution in [0.25, 0.3) is 5.69 Å². The number of rotatable bonds is 6. The van der Waals surface area contributed by atoms with E-state index in [1.165, 1.54) is 11.8 Å². The number of benzene rings is 2. The number of hydrogen-bond acceptors (Lipinski definition) is 4. The smallest absolute Gasteiger partial charge is 0.234 e. The van der Waals surface area contributed by atoms with E-state index in [9.17, 15) is 10.1 Å². The maximum absolute atomic E-state index is 12.3. The molecule has 0 unspecified atom stereocenters. The van der Waals surface area contributed by atoms with Crippen LogP contribution < -0.4 is 5.32 Å². The maximum Gasteiger partial charge on any atom is 0.234 e. The fraction of sp³-hybridized carbons (Fsp3) is 0.190. The Labute approximate surface area is 173 Å². The lowest BCUT2D eigenvalue weighted by molar-refractivity contribution is -0.113. The van der Waals surface area contributed by atoms with E-state index in [1.54, 1.807) is 10.7 Å². The van der Waals surface area contributed by atoms with Gasteiger partial charge >= 0.3 is 0 Å². The molecule has 142 valence electrons. The normalized spacial score (nSPS) is 10.5. The molecule has 0 spiro atoms. The van der Waals surface area contributed by atoms with Crippen molar-refractivity contribution < 1.29 is 4.79 Å². The first-order chi connectivity index (χ1) is 13.5. The predicted molar refractivity (Wildman–Crippen MR) is 114 cm³/mol. The van der Waals surface area contributed by atoms with Gasteiger partial charge in [-0.2, -0.15) is 10.4 Å². The molecule has 3 aromatic rings. The van der Waals surface area contributed by atoms with E-state index in [0.29, 0.717) is 27.7 Å². The van der Waals surface area contributed by atoms with Crippen molar-refractivity contribution in [3.8, 4) is 11.8 Å². The second-order valence-corrected chi connectivity index (χ2v) is 7.68. The van der Waals surface area contributed by atoms with Gasteiger partial charge in [-0.3, -0.25) is 4.79 Å². The third kappa shape index (κ3) is 4.56. The molecule has 3 rings (SSSR count). The minimum absolute atomic E-state index is 0.142. The number of aryl methyl sites for hydroxylation is 2. The number of nitrogens with one attached hydrogen (secondary N) is 1. The number of carbonyl (C=O) groups is 1. The molecule has 0 atom stereocenters. The molecular weight excluding hydrogens is 392 g/mol. The summed E-state index contributed by atoms with van der Waals surface area (Å²) >= 11 is 7.59. The van der Waals surface area contributed by atoms with Crippen LogP contribution in [0.15, 0.2) is 48.5 Å². The number of thioether (sulfide) groups is 1. The molecule has 0 radical (unpaired) electrons. The number of halogens is 1. The highest BCUT2D eigenvalue weighted by molar-refractivity contribution is 7.99. The van der Waals surface area contributed by atoms with Gasteiger partial charge in [0.15, 0.2) is 0 Å². The van der Waals surface area contributed by atoms with Gasteiger partial charge in [-0.1, -0.05) is 35.9 Å². The Morgan fingerprint density at radius 2 is 2.00 bits per heavy atom. The van der Waals surface area contributed by atoms with Crippen molar-refractivity contribution in [3.63, 3.8) is 0 Å². The average Bonchev–Trinajstić information content (AvgIpc) is 3.00. The molecule has 28 heavy (non-hydrogen) atoms. The first kappa shape index (κ1) is 20.0. The van der Waals surface area contributed by atoms with Gasteiger partial charge in [0.05, 0.1) is 39.1 Å². The molecule has 0 bridgehead atoms. The molecule has 5 nitrogen and oxygen atoms in total. The fourth-order valence-corrected chi connectivity index (χ4v) is 3.89. The Kier molecular flexibility index (Phi) is 6.40. The summed E-state index contributed by atoms with van der Waals surface area (Å²) in [6, 6.07) is 17.4. The summed E-state index contributed by atoms with van der Waals surface area (Å²) in [6.07, 6.45) is 0. The van der Waals surface area contributed by atoms with E-state index in [-0.39, 0.29) is 11.7 Å². The van der Waals surface area contributed by atoms with Crippen LogP contribution in [-0.4, -0.2) is 21.4 Å². The van der Waals surface area contributed by atoms with Crippen LogP contribution in [0.3, 0.4) is 0 Å². The Hall–Kier alpha value is -2.75. The standard InChI is InChI=1S/C21H19ClN4OS/c1-14-8-9-19(18(22)10-14)24-21(27)13-28-12-20-17(11-23)15(2)25-26(20)16-6-4-3-5-7-16/h3-10H,12-13H2,1-2H3,(H,24,27). The zero-order chi connectivity index (χ0) is 20.1. The van der Waals surface area contributed by atoms with Crippen LogP contribution in [0, 0.1) is 25.2 Å². The second-order valence-electron chi connectivity index (χ2n) is 6.29. The number of para-hydroxylation sites is 1. The minimum atomic E-state index is -0.142. The highest BCUT2D eigenvalue weighted by Gasteiger charge is 2.17. The molecular formula is C21H19ClN4OS. The summed E-state index contributed by atoms with van der Waals surface area (Å²) < 4.78 is 1.77. The third-order valence-electron chi connectivity index (χ3n) is 4.14. The second kappa shape index (κ2) is 8.96. The number of anilines is 1. The molecule has 2 aromatic carbocycles. The zero-order valence-corrected chi connectivity index (χ0v) is 17.1. The number of carbonyl (C=O) groups excluding carboxylic acids is 1. The highest BCUT2D eigenvalue weighted by atomic mass is 35.5. The van der Waals surface area contributed by atoms with Gasteiger partial charge in [0.2, 0.25) is 5.91 Å². The van der Waals surface area contributed by atoms with Gasteiger partial charge in [0, 0.05) is 5.75 Å². The number of hydrogen-bond donors (Lipinski definition) is 1. The van der Waals surface area contributed by atoms with Crippen LogP contribution in [0.2, 0.25) is 5.02 Å². The van der Waals surface area contributed by atoms with E-state index in [1.807, 2.05) is 56.3 Å². The summed E-state index contributed by atoms with van der Waals surface area (Å²) in [5, 5.41) is 17.4. The predicted octanol–water partition coefficient (Wildman–Crippen LogP) is 4.89. The number of aromatic nitrogens is 2. The summed E-state index contributed by atoms with van der Waals surface area (Å²) in [4.78, 5) is 12.3. The number of nitriles is 1. The lowest BCUT2D eigenvalue weighted by Gasteiger charge is -2.09. The monoisotopic (exact) mass is 410 g/mol. The number of nitrogens with zero attached hydrogens (tertiary/aromatic N) is 3. The van der Waals surface area contributed by atoms with Crippen molar-refractivity contribution in [2.45, 2.75) is 19.6 Å². The molecule has 1 N–H and O–H groups in total. The molecule has 1 amide bonds. The Morgan fingerprint density at radius 1 is 1.25 bits per heavy atom. The van der Waals surface area contributed by atoms with Crippen molar-refractivity contribution in [2.24, 2.45) is 0 Å². The third-order valence-corrected chi connectivity index (χ3v) is 5.40. The Morgan fingerprint density at radius 3 is 2.68 bits per heavy atom. The maximum atomic E-state index is 12.3. The SMILES string of the molecule is Cc1ccc(NC(=O)CSCc2c(C#N)c(C)nn2-c2ccccc2)c(Cl)c1. The van der Waals surface area contributed by atoms with E-state index < -0.39 is 0 Å². The molecule has 0 saturated carbocycles. The average molecular weight is 411 g/mol. The summed E-state index contributed by atoms with van der Waals surface area (Å²) in [6.45, 7) is 3.76. The van der Waals surface area contributed by atoms with Gasteiger partial charge in [0.1, 0.15) is 6.07 Å². The van der Waals surface area contributed by atoms with Crippen molar-refractivity contribution >= 4 is 35.0 Å². The van der Waals surface area contributed by atoms with Crippen LogP contribution in [0.5, 0.6) is 0 Å². The first-order valence-electron chi connectivity index (χ1n) is 8.67. The van der Waals surface area contributed by atoms with Crippen molar-refractivity contribution in [1.29, 1.82) is 5.26 Å². The highest BCUT2D eigenvalue weighted by Crippen LogP contribution is 2.25. The molecule has 7 heteroatoms. The van der Waals surface area contributed by atoms with Gasteiger partial charge in [-0.25, -0.2) is 4.68 Å². The molecule has 1 heterocycles. The van der Waals surface area contributed by atoms with Crippen molar-refractivity contribution in [3.05, 3.63) is 76.1 Å². The summed E-state index contributed by atoms with van der Waals surface area (Å²) in [5.41, 5.74) is 4.54. The van der Waals surface area contributed by atoms with Crippen molar-refractivity contribution in [1.82, 2.24) is 9.78 Å². The molecule has 0 saturated heterocycles. The minimum Gasteiger partial charge on any atom is -0.324 e. The molecule has 1 aromatic heterocycles. The Balaban J connectivity index is 1.69. The van der Waals surface area contributed by atoms with Crippen LogP contribution in [0.4, 0.5) is 5.69 Å². The summed E-state index contributed by atoms with van der Waals surface area (Å²) in [7, 11) is 0. The van der Waals surface area contributed by atoms with Crippen LogP contribution >= 0.6 is 23.4 Å². The molecule has 0 aliphatic rings. The first-order valence-corrected chi connectivity index (χ1v) is 10.2. The quantitative estimate of drug-likeness (QED) is 0.628. The van der Waals surface area contributed by atoms with Crippen LogP contribution in [0.1, 0.15) is 22.5 Å². The van der Waals surface area contributed by atoms with Crippen molar-refractivity contribution in [2.75, 3.05) is 11.1 Å². The topological polar surface area (TPSA) is 70.7 Å². The van der Waals surface area contributed by atoms with Gasteiger partial charge in [-0.05, 0) is 43.7 Å². The lowest BCUT2D eigenvalue weighted by Crippen LogP contribution is -2.15. The fourth-order valence-electron chi connectivity index (χ4n) is 2.78. The summed E-state index contributed by atoms with van der Waals surface area (Å²) in [5.74, 6) is 0.596. The van der Waals surface area contributed by atoms with E-state index in [0.717, 1.165) is 16.9 Å². The zero-order valence-electron chi connectivity index (χ0n) is 15.6. The largest absolute Gasteiger partial charge is 0.324 e. The van der Waals surface area contributed by atoms with E-state index >= 15 is 0 Å². The van der Waals surface area contributed by atoms with Crippen LogP contribution in [-0.2, 0) is 10.5 Å². The molecule has 0 aliphatic heterocycles.